The lowest BCUT2D eigenvalue weighted by atomic mass is 10.0. The molecule has 0 aliphatic rings. The minimum Gasteiger partial charge on any atom is -0.481 e. The van der Waals surface area contributed by atoms with Crippen molar-refractivity contribution in [3.05, 3.63) is 35.9 Å². The summed E-state index contributed by atoms with van der Waals surface area (Å²) in [5.41, 5.74) is 0.894. The summed E-state index contributed by atoms with van der Waals surface area (Å²) >= 11 is 0. The molecule has 0 aliphatic carbocycles. The lowest BCUT2D eigenvalue weighted by Crippen LogP contribution is -2.33. The van der Waals surface area contributed by atoms with Gasteiger partial charge in [-0.15, -0.1) is 0 Å². The van der Waals surface area contributed by atoms with E-state index in [4.69, 9.17) is 9.84 Å². The van der Waals surface area contributed by atoms with E-state index in [0.29, 0.717) is 6.42 Å². The molecule has 1 amide bonds. The molecule has 5 heteroatoms. The maximum atomic E-state index is 11.5. The fourth-order valence-corrected chi connectivity index (χ4v) is 1.93. The Morgan fingerprint density at radius 3 is 2.57 bits per heavy atom. The van der Waals surface area contributed by atoms with Crippen LogP contribution in [0.4, 0.5) is 4.79 Å². The second-order valence-electron chi connectivity index (χ2n) is 4.97. The van der Waals surface area contributed by atoms with Crippen molar-refractivity contribution in [2.45, 2.75) is 39.2 Å². The Hall–Kier alpha value is -2.04. The zero-order valence-electron chi connectivity index (χ0n) is 12.4. The highest BCUT2D eigenvalue weighted by Gasteiger charge is 2.18. The smallest absolute Gasteiger partial charge is 0.407 e. The molecule has 0 spiro atoms. The molecule has 0 bridgehead atoms. The van der Waals surface area contributed by atoms with Gasteiger partial charge in [-0.3, -0.25) is 4.79 Å². The Bertz CT molecular complexity index is 433. The van der Waals surface area contributed by atoms with Crippen LogP contribution in [-0.2, 0) is 16.1 Å². The zero-order valence-corrected chi connectivity index (χ0v) is 12.4. The van der Waals surface area contributed by atoms with Crippen LogP contribution in [0.2, 0.25) is 0 Å². The van der Waals surface area contributed by atoms with Crippen LogP contribution in [0.3, 0.4) is 0 Å². The second kappa shape index (κ2) is 9.80. The fraction of sp³-hybridized carbons (Fsp3) is 0.500. The molecule has 0 heterocycles. The van der Waals surface area contributed by atoms with E-state index in [1.165, 1.54) is 0 Å². The second-order valence-corrected chi connectivity index (χ2v) is 4.97. The molecule has 1 aromatic rings. The van der Waals surface area contributed by atoms with E-state index in [-0.39, 0.29) is 13.2 Å². The average molecular weight is 293 g/mol. The van der Waals surface area contributed by atoms with E-state index in [2.05, 4.69) is 12.2 Å². The quantitative estimate of drug-likeness (QED) is 0.686. The predicted molar refractivity (Wildman–Crippen MR) is 79.9 cm³/mol. The highest BCUT2D eigenvalue weighted by Crippen LogP contribution is 2.09. The van der Waals surface area contributed by atoms with Crippen molar-refractivity contribution in [2.24, 2.45) is 5.92 Å². The van der Waals surface area contributed by atoms with Crippen LogP contribution in [0.25, 0.3) is 0 Å². The number of unbranched alkanes of at least 4 members (excludes halogenated alkanes) is 2. The first kappa shape index (κ1) is 17.0. The molecule has 1 unspecified atom stereocenters. The number of aliphatic carboxylic acids is 1. The lowest BCUT2D eigenvalue weighted by molar-refractivity contribution is -0.141. The molecule has 1 rings (SSSR count). The number of benzene rings is 1. The van der Waals surface area contributed by atoms with Gasteiger partial charge < -0.3 is 15.2 Å². The molecule has 0 aromatic heterocycles. The first-order valence-electron chi connectivity index (χ1n) is 7.30. The third kappa shape index (κ3) is 7.34. The minimum absolute atomic E-state index is 0.104. The van der Waals surface area contributed by atoms with Gasteiger partial charge in [0.15, 0.2) is 0 Å². The van der Waals surface area contributed by atoms with Crippen LogP contribution in [0.5, 0.6) is 0 Å². The molecule has 0 fully saturated rings. The number of rotatable bonds is 9. The molecule has 0 saturated carbocycles. The maximum absolute atomic E-state index is 11.5. The van der Waals surface area contributed by atoms with Gasteiger partial charge in [-0.05, 0) is 12.0 Å². The van der Waals surface area contributed by atoms with Crippen molar-refractivity contribution in [1.82, 2.24) is 5.32 Å². The molecule has 5 nitrogen and oxygen atoms in total. The summed E-state index contributed by atoms with van der Waals surface area (Å²) in [6, 6.07) is 9.34. The van der Waals surface area contributed by atoms with Crippen LogP contribution >= 0.6 is 0 Å². The summed E-state index contributed by atoms with van der Waals surface area (Å²) in [5, 5.41) is 11.6. The van der Waals surface area contributed by atoms with E-state index in [9.17, 15) is 9.59 Å². The van der Waals surface area contributed by atoms with Crippen LogP contribution in [0.1, 0.15) is 38.2 Å². The van der Waals surface area contributed by atoms with Crippen molar-refractivity contribution < 1.29 is 19.4 Å². The molecule has 116 valence electrons. The van der Waals surface area contributed by atoms with Crippen molar-refractivity contribution in [1.29, 1.82) is 0 Å². The first-order valence-corrected chi connectivity index (χ1v) is 7.30. The Morgan fingerprint density at radius 2 is 1.95 bits per heavy atom. The molecule has 0 radical (unpaired) electrons. The van der Waals surface area contributed by atoms with Crippen molar-refractivity contribution in [2.75, 3.05) is 6.54 Å². The summed E-state index contributed by atoms with van der Waals surface area (Å²) in [4.78, 5) is 22.6. The fourth-order valence-electron chi connectivity index (χ4n) is 1.93. The summed E-state index contributed by atoms with van der Waals surface area (Å²) in [7, 11) is 0. The van der Waals surface area contributed by atoms with E-state index < -0.39 is 18.0 Å². The van der Waals surface area contributed by atoms with Crippen LogP contribution in [0, 0.1) is 5.92 Å². The number of nitrogens with one attached hydrogen (secondary N) is 1. The highest BCUT2D eigenvalue weighted by molar-refractivity contribution is 5.72. The van der Waals surface area contributed by atoms with E-state index in [0.717, 1.165) is 24.8 Å². The lowest BCUT2D eigenvalue weighted by Gasteiger charge is -2.13. The maximum Gasteiger partial charge on any atom is 0.407 e. The molecule has 0 aliphatic heterocycles. The number of hydrogen-bond acceptors (Lipinski definition) is 3. The Kier molecular flexibility index (Phi) is 7.94. The van der Waals surface area contributed by atoms with Crippen LogP contribution in [0.15, 0.2) is 30.3 Å². The Labute approximate surface area is 125 Å². The van der Waals surface area contributed by atoms with Gasteiger partial charge in [-0.2, -0.15) is 0 Å². The van der Waals surface area contributed by atoms with Gasteiger partial charge in [-0.1, -0.05) is 56.5 Å². The summed E-state index contributed by atoms with van der Waals surface area (Å²) in [6.45, 7) is 2.35. The monoisotopic (exact) mass is 293 g/mol. The number of carboxylic acids is 1. The van der Waals surface area contributed by atoms with Crippen LogP contribution < -0.4 is 5.32 Å². The van der Waals surface area contributed by atoms with Gasteiger partial charge in [-0.25, -0.2) is 4.79 Å². The van der Waals surface area contributed by atoms with Crippen molar-refractivity contribution in [3.63, 3.8) is 0 Å². The molecule has 1 atom stereocenters. The number of carboxylic acid groups (broad SMARTS) is 1. The number of alkyl carbamates (subject to hydrolysis) is 1. The van der Waals surface area contributed by atoms with Gasteiger partial charge >= 0.3 is 12.1 Å². The summed E-state index contributed by atoms with van der Waals surface area (Å²) < 4.78 is 5.04. The average Bonchev–Trinajstić information content (AvgIpc) is 2.49. The molecule has 0 saturated heterocycles. The number of carbonyl (C=O) groups excluding carboxylic acids is 1. The normalized spacial score (nSPS) is 11.7. The number of hydrogen-bond donors (Lipinski definition) is 2. The summed E-state index contributed by atoms with van der Waals surface area (Å²) in [5.74, 6) is -1.43. The molecule has 21 heavy (non-hydrogen) atoms. The number of amides is 1. The third-order valence-electron chi connectivity index (χ3n) is 3.21. The van der Waals surface area contributed by atoms with Crippen molar-refractivity contribution >= 4 is 12.1 Å². The van der Waals surface area contributed by atoms with Gasteiger partial charge in [0, 0.05) is 6.54 Å². The SMILES string of the molecule is CCCCCC(CNC(=O)OCc1ccccc1)C(=O)O. The summed E-state index contributed by atoms with van der Waals surface area (Å²) in [6.07, 6.45) is 2.89. The standard InChI is InChI=1S/C16H23NO4/c1-2-3-5-10-14(15(18)19)11-17-16(20)21-12-13-8-6-4-7-9-13/h4,6-9,14H,2-3,5,10-12H2,1H3,(H,17,20)(H,18,19). The van der Waals surface area contributed by atoms with Gasteiger partial charge in [0.2, 0.25) is 0 Å². The predicted octanol–water partition coefficient (Wildman–Crippen LogP) is 3.19. The van der Waals surface area contributed by atoms with Gasteiger partial charge in [0.1, 0.15) is 6.61 Å². The van der Waals surface area contributed by atoms with Gasteiger partial charge in [0.25, 0.3) is 0 Å². The molecule has 2 N–H and O–H groups in total. The van der Waals surface area contributed by atoms with E-state index in [1.807, 2.05) is 30.3 Å². The highest BCUT2D eigenvalue weighted by atomic mass is 16.5. The van der Waals surface area contributed by atoms with Crippen LogP contribution in [-0.4, -0.2) is 23.7 Å². The van der Waals surface area contributed by atoms with Crippen molar-refractivity contribution in [3.8, 4) is 0 Å². The van der Waals surface area contributed by atoms with E-state index in [1.54, 1.807) is 0 Å². The molecular weight excluding hydrogens is 270 g/mol. The zero-order chi connectivity index (χ0) is 15.5. The first-order chi connectivity index (χ1) is 10.1. The number of ether oxygens (including phenoxy) is 1. The molecule has 1 aromatic carbocycles. The molecular formula is C16H23NO4. The third-order valence-corrected chi connectivity index (χ3v) is 3.21. The largest absolute Gasteiger partial charge is 0.481 e. The van der Waals surface area contributed by atoms with Gasteiger partial charge in [0.05, 0.1) is 5.92 Å². The Morgan fingerprint density at radius 1 is 1.24 bits per heavy atom. The minimum atomic E-state index is -0.880. The van der Waals surface area contributed by atoms with E-state index >= 15 is 0 Å². The number of carbonyl (C=O) groups is 2. The Balaban J connectivity index is 2.27. The topological polar surface area (TPSA) is 75.6 Å².